The number of nitrogens with zero attached hydrogens (tertiary/aromatic N) is 3. The Hall–Kier alpha value is -2.84. The van der Waals surface area contributed by atoms with Crippen molar-refractivity contribution in [1.82, 2.24) is 4.90 Å². The average molecular weight is 419 g/mol. The number of benzene rings is 2. The lowest BCUT2D eigenvalue weighted by atomic mass is 10.2. The highest BCUT2D eigenvalue weighted by Crippen LogP contribution is 2.29. The van der Waals surface area contributed by atoms with Gasteiger partial charge in [-0.05, 0) is 25.1 Å². The Morgan fingerprint density at radius 1 is 1.21 bits per heavy atom. The molecule has 0 unspecified atom stereocenters. The van der Waals surface area contributed by atoms with Crippen LogP contribution in [-0.4, -0.2) is 55.1 Å². The minimum absolute atomic E-state index is 0.122. The molecule has 1 saturated heterocycles. The van der Waals surface area contributed by atoms with Crippen molar-refractivity contribution < 1.29 is 14.5 Å². The number of ether oxygens (including phenoxy) is 1. The smallest absolute Gasteiger partial charge is 0.271 e. The maximum atomic E-state index is 12.7. The second-order valence-corrected chi connectivity index (χ2v) is 7.19. The summed E-state index contributed by atoms with van der Waals surface area (Å²) >= 11 is 6.08. The standard InChI is InChI=1S/C20H23ClN4O4/c1-14(20(26)22-17-13-15(25(27)28)7-8-16(17)21)23-9-11-24(12-10-23)18-5-3-4-6-19(18)29-2/h3-8,13-14H,9-12H2,1-2H3,(H,22,26)/t14-/m1/s1. The summed E-state index contributed by atoms with van der Waals surface area (Å²) in [5, 5.41) is 13.9. The summed E-state index contributed by atoms with van der Waals surface area (Å²) in [7, 11) is 1.65. The molecular formula is C20H23ClN4O4. The first-order chi connectivity index (χ1) is 13.9. The van der Waals surface area contributed by atoms with E-state index in [0.717, 1.165) is 24.5 Å². The van der Waals surface area contributed by atoms with Gasteiger partial charge in [0.2, 0.25) is 5.91 Å². The third kappa shape index (κ3) is 4.78. The molecule has 0 aromatic heterocycles. The Morgan fingerprint density at radius 3 is 2.55 bits per heavy atom. The van der Waals surface area contributed by atoms with Crippen molar-refractivity contribution in [1.29, 1.82) is 0 Å². The molecule has 0 bridgehead atoms. The van der Waals surface area contributed by atoms with Crippen LogP contribution in [0.15, 0.2) is 42.5 Å². The normalized spacial score (nSPS) is 15.6. The fraction of sp³-hybridized carbons (Fsp3) is 0.350. The van der Waals surface area contributed by atoms with E-state index >= 15 is 0 Å². The number of piperazine rings is 1. The molecule has 0 spiro atoms. The molecule has 0 saturated carbocycles. The first-order valence-electron chi connectivity index (χ1n) is 9.27. The van der Waals surface area contributed by atoms with Gasteiger partial charge < -0.3 is 15.0 Å². The summed E-state index contributed by atoms with van der Waals surface area (Å²) in [5.74, 6) is 0.574. The molecule has 0 radical (unpaired) electrons. The van der Waals surface area contributed by atoms with Crippen molar-refractivity contribution >= 4 is 34.6 Å². The SMILES string of the molecule is COc1ccccc1N1CCN([C@H](C)C(=O)Nc2cc([N+](=O)[O-])ccc2Cl)CC1. The zero-order valence-corrected chi connectivity index (χ0v) is 17.1. The lowest BCUT2D eigenvalue weighted by Crippen LogP contribution is -2.52. The molecule has 8 nitrogen and oxygen atoms in total. The highest BCUT2D eigenvalue weighted by molar-refractivity contribution is 6.33. The minimum Gasteiger partial charge on any atom is -0.495 e. The molecule has 1 atom stereocenters. The maximum absolute atomic E-state index is 12.7. The number of nitro groups is 1. The molecule has 2 aromatic rings. The zero-order valence-electron chi connectivity index (χ0n) is 16.3. The van der Waals surface area contributed by atoms with E-state index in [-0.39, 0.29) is 22.3 Å². The van der Waals surface area contributed by atoms with E-state index in [1.54, 1.807) is 7.11 Å². The van der Waals surface area contributed by atoms with Crippen molar-refractivity contribution in [2.75, 3.05) is 43.5 Å². The predicted molar refractivity (Wildman–Crippen MR) is 113 cm³/mol. The van der Waals surface area contributed by atoms with Crippen LogP contribution in [0.1, 0.15) is 6.92 Å². The number of halogens is 1. The first-order valence-corrected chi connectivity index (χ1v) is 9.65. The number of anilines is 2. The number of carbonyl (C=O) groups excluding carboxylic acids is 1. The monoisotopic (exact) mass is 418 g/mol. The lowest BCUT2D eigenvalue weighted by Gasteiger charge is -2.38. The quantitative estimate of drug-likeness (QED) is 0.571. The Bertz CT molecular complexity index is 900. The van der Waals surface area contributed by atoms with E-state index in [0.29, 0.717) is 13.1 Å². The van der Waals surface area contributed by atoms with Gasteiger partial charge in [-0.1, -0.05) is 23.7 Å². The Balaban J connectivity index is 1.62. The molecule has 1 N–H and O–H groups in total. The van der Waals surface area contributed by atoms with Crippen LogP contribution in [0.4, 0.5) is 17.1 Å². The van der Waals surface area contributed by atoms with Crippen LogP contribution in [0.25, 0.3) is 0 Å². The number of non-ortho nitro benzene ring substituents is 1. The van der Waals surface area contributed by atoms with Crippen molar-refractivity contribution in [3.05, 3.63) is 57.6 Å². The molecule has 2 aromatic carbocycles. The van der Waals surface area contributed by atoms with Gasteiger partial charge in [-0.2, -0.15) is 0 Å². The Morgan fingerprint density at radius 2 is 1.90 bits per heavy atom. The van der Waals surface area contributed by atoms with Crippen LogP contribution in [0, 0.1) is 10.1 Å². The molecular weight excluding hydrogens is 396 g/mol. The summed E-state index contributed by atoms with van der Waals surface area (Å²) in [6.07, 6.45) is 0. The minimum atomic E-state index is -0.521. The molecule has 29 heavy (non-hydrogen) atoms. The number of amides is 1. The third-order valence-electron chi connectivity index (χ3n) is 5.09. The molecule has 154 valence electrons. The Kier molecular flexibility index (Phi) is 6.56. The van der Waals surface area contributed by atoms with E-state index in [4.69, 9.17) is 16.3 Å². The van der Waals surface area contributed by atoms with E-state index in [1.807, 2.05) is 31.2 Å². The average Bonchev–Trinajstić information content (AvgIpc) is 2.74. The number of para-hydroxylation sites is 2. The van der Waals surface area contributed by atoms with Crippen molar-refractivity contribution in [2.24, 2.45) is 0 Å². The summed E-state index contributed by atoms with van der Waals surface area (Å²) in [6, 6.07) is 11.4. The number of hydrogen-bond donors (Lipinski definition) is 1. The molecule has 3 rings (SSSR count). The lowest BCUT2D eigenvalue weighted by molar-refractivity contribution is -0.384. The molecule has 1 amide bonds. The van der Waals surface area contributed by atoms with Gasteiger partial charge in [-0.15, -0.1) is 0 Å². The largest absolute Gasteiger partial charge is 0.495 e. The second kappa shape index (κ2) is 9.11. The molecule has 1 heterocycles. The third-order valence-corrected chi connectivity index (χ3v) is 5.42. The van der Waals surface area contributed by atoms with Crippen LogP contribution in [0.5, 0.6) is 5.75 Å². The van der Waals surface area contributed by atoms with Crippen LogP contribution < -0.4 is 15.0 Å². The number of nitrogens with one attached hydrogen (secondary N) is 1. The van der Waals surface area contributed by atoms with E-state index < -0.39 is 11.0 Å². The van der Waals surface area contributed by atoms with Crippen molar-refractivity contribution in [3.8, 4) is 5.75 Å². The van der Waals surface area contributed by atoms with Gasteiger partial charge in [0.1, 0.15) is 5.75 Å². The molecule has 1 fully saturated rings. The number of rotatable bonds is 6. The van der Waals surface area contributed by atoms with Crippen LogP contribution in [0.3, 0.4) is 0 Å². The summed E-state index contributed by atoms with van der Waals surface area (Å²) in [4.78, 5) is 27.4. The van der Waals surface area contributed by atoms with E-state index in [9.17, 15) is 14.9 Å². The van der Waals surface area contributed by atoms with Crippen molar-refractivity contribution in [3.63, 3.8) is 0 Å². The van der Waals surface area contributed by atoms with Crippen LogP contribution in [-0.2, 0) is 4.79 Å². The molecule has 1 aliphatic heterocycles. The van der Waals surface area contributed by atoms with Gasteiger partial charge in [0.25, 0.3) is 5.69 Å². The van der Waals surface area contributed by atoms with Crippen LogP contribution in [0.2, 0.25) is 5.02 Å². The second-order valence-electron chi connectivity index (χ2n) is 6.78. The number of methoxy groups -OCH3 is 1. The highest BCUT2D eigenvalue weighted by Gasteiger charge is 2.27. The predicted octanol–water partition coefficient (Wildman–Crippen LogP) is 3.41. The fourth-order valence-electron chi connectivity index (χ4n) is 3.37. The number of nitro benzene ring substituents is 1. The number of hydrogen-bond acceptors (Lipinski definition) is 6. The van der Waals surface area contributed by atoms with Gasteiger partial charge >= 0.3 is 0 Å². The van der Waals surface area contributed by atoms with Crippen molar-refractivity contribution in [2.45, 2.75) is 13.0 Å². The Labute approximate surface area is 174 Å². The summed E-state index contributed by atoms with van der Waals surface area (Å²) < 4.78 is 5.44. The molecule has 0 aliphatic carbocycles. The van der Waals surface area contributed by atoms with E-state index in [2.05, 4.69) is 15.1 Å². The first kappa shape index (κ1) is 20.9. The van der Waals surface area contributed by atoms with Gasteiger partial charge in [-0.3, -0.25) is 19.8 Å². The zero-order chi connectivity index (χ0) is 21.0. The van der Waals surface area contributed by atoms with E-state index in [1.165, 1.54) is 18.2 Å². The molecule has 9 heteroatoms. The van der Waals surface area contributed by atoms with Gasteiger partial charge in [0.15, 0.2) is 0 Å². The van der Waals surface area contributed by atoms with Gasteiger partial charge in [0.05, 0.1) is 34.5 Å². The fourth-order valence-corrected chi connectivity index (χ4v) is 3.53. The maximum Gasteiger partial charge on any atom is 0.271 e. The number of carbonyl (C=O) groups is 1. The summed E-state index contributed by atoms with van der Waals surface area (Å²) in [6.45, 7) is 4.75. The molecule has 1 aliphatic rings. The summed E-state index contributed by atoms with van der Waals surface area (Å²) in [5.41, 5.74) is 1.16. The van der Waals surface area contributed by atoms with Gasteiger partial charge in [-0.25, -0.2) is 0 Å². The highest BCUT2D eigenvalue weighted by atomic mass is 35.5. The van der Waals surface area contributed by atoms with Crippen LogP contribution >= 0.6 is 11.6 Å². The van der Waals surface area contributed by atoms with Gasteiger partial charge in [0, 0.05) is 38.3 Å². The topological polar surface area (TPSA) is 88.0 Å².